The number of nitrogens with zero attached hydrogens (tertiary/aromatic N) is 1. The third kappa shape index (κ3) is 2.25. The van der Waals surface area contributed by atoms with Crippen molar-refractivity contribution >= 4 is 16.6 Å². The van der Waals surface area contributed by atoms with E-state index in [9.17, 15) is 0 Å². The minimum atomic E-state index is 0.577. The molecule has 4 nitrogen and oxygen atoms in total. The Kier molecular flexibility index (Phi) is 3.85. The average Bonchev–Trinajstić information content (AvgIpc) is 2.71. The highest BCUT2D eigenvalue weighted by atomic mass is 16.5. The lowest BCUT2D eigenvalue weighted by Gasteiger charge is -2.16. The molecule has 1 aromatic carbocycles. The number of pyridine rings is 1. The zero-order valence-electron chi connectivity index (χ0n) is 11.9. The van der Waals surface area contributed by atoms with Gasteiger partial charge in [0.05, 0.1) is 17.8 Å². The maximum Gasteiger partial charge on any atom is 0.0781 e. The molecule has 0 saturated carbocycles. The highest BCUT2D eigenvalue weighted by Gasteiger charge is 2.17. The number of hydrogen-bond acceptors (Lipinski definition) is 4. The Bertz CT molecular complexity index is 625. The van der Waals surface area contributed by atoms with Gasteiger partial charge < -0.3 is 10.2 Å². The summed E-state index contributed by atoms with van der Waals surface area (Å²) in [7, 11) is 1.71. The molecule has 2 aromatic rings. The van der Waals surface area contributed by atoms with Crippen LogP contribution in [-0.2, 0) is 24.2 Å². The largest absolute Gasteiger partial charge is 0.380 e. The van der Waals surface area contributed by atoms with Crippen LogP contribution in [0.15, 0.2) is 18.2 Å². The number of nitrogens with one attached hydrogen (secondary N) is 1. The quantitative estimate of drug-likeness (QED) is 0.512. The number of para-hydroxylation sites is 1. The van der Waals surface area contributed by atoms with Crippen LogP contribution in [0, 0.1) is 0 Å². The van der Waals surface area contributed by atoms with E-state index in [2.05, 4.69) is 17.6 Å². The molecule has 0 atom stereocenters. The van der Waals surface area contributed by atoms with Gasteiger partial charge in [-0.2, -0.15) is 0 Å². The molecule has 0 radical (unpaired) electrons. The summed E-state index contributed by atoms with van der Waals surface area (Å²) in [5.74, 6) is 5.81. The molecule has 3 rings (SSSR count). The van der Waals surface area contributed by atoms with Gasteiger partial charge in [-0.1, -0.05) is 24.6 Å². The molecule has 0 unspecified atom stereocenters. The van der Waals surface area contributed by atoms with Crippen molar-refractivity contribution in [3.8, 4) is 0 Å². The van der Waals surface area contributed by atoms with Crippen LogP contribution in [0.5, 0.6) is 0 Å². The minimum absolute atomic E-state index is 0.577. The highest BCUT2D eigenvalue weighted by Crippen LogP contribution is 2.33. The number of benzene rings is 1. The molecule has 0 spiro atoms. The second-order valence-electron chi connectivity index (χ2n) is 5.36. The lowest BCUT2D eigenvalue weighted by molar-refractivity contribution is 0.186. The summed E-state index contributed by atoms with van der Waals surface area (Å²) in [5.41, 5.74) is 8.59. The van der Waals surface area contributed by atoms with E-state index in [1.54, 1.807) is 7.11 Å². The van der Waals surface area contributed by atoms with Crippen molar-refractivity contribution in [3.63, 3.8) is 0 Å². The van der Waals surface area contributed by atoms with Crippen molar-refractivity contribution in [2.24, 2.45) is 5.84 Å². The van der Waals surface area contributed by atoms with Crippen LogP contribution in [0.25, 0.3) is 10.9 Å². The van der Waals surface area contributed by atoms with Gasteiger partial charge in [0.1, 0.15) is 0 Å². The van der Waals surface area contributed by atoms with Crippen LogP contribution in [-0.4, -0.2) is 12.1 Å². The molecule has 1 aliphatic carbocycles. The zero-order valence-corrected chi connectivity index (χ0v) is 11.9. The Balaban J connectivity index is 2.27. The number of fused-ring (bicyclic) bond motifs is 2. The number of hydrogen-bond donors (Lipinski definition) is 2. The molecular formula is C16H21N3O. The fourth-order valence-corrected chi connectivity index (χ4v) is 3.12. The number of ether oxygens (including phenoxy) is 1. The van der Waals surface area contributed by atoms with Crippen LogP contribution in [0.2, 0.25) is 0 Å². The molecule has 0 bridgehead atoms. The third-order valence-electron chi connectivity index (χ3n) is 4.07. The van der Waals surface area contributed by atoms with E-state index < -0.39 is 0 Å². The molecule has 1 heterocycles. The lowest BCUT2D eigenvalue weighted by Crippen LogP contribution is -2.13. The Hall–Kier alpha value is -1.65. The first kappa shape index (κ1) is 13.3. The van der Waals surface area contributed by atoms with Gasteiger partial charge in [0.15, 0.2) is 0 Å². The molecule has 1 aliphatic rings. The van der Waals surface area contributed by atoms with Crippen LogP contribution in [0.1, 0.15) is 36.1 Å². The molecule has 0 saturated heterocycles. The number of aryl methyl sites for hydroxylation is 1. The Morgan fingerprint density at radius 3 is 2.90 bits per heavy atom. The fraction of sp³-hybridized carbons (Fsp3) is 0.438. The summed E-state index contributed by atoms with van der Waals surface area (Å²) in [5, 5.41) is 1.10. The predicted molar refractivity (Wildman–Crippen MR) is 81.5 cm³/mol. The van der Waals surface area contributed by atoms with Crippen molar-refractivity contribution in [2.75, 3.05) is 12.5 Å². The second kappa shape index (κ2) is 5.77. The van der Waals surface area contributed by atoms with Crippen molar-refractivity contribution < 1.29 is 4.74 Å². The van der Waals surface area contributed by atoms with Gasteiger partial charge >= 0.3 is 0 Å². The number of nitrogen functional groups attached to an aromatic ring is 1. The van der Waals surface area contributed by atoms with E-state index in [1.165, 1.54) is 30.5 Å². The van der Waals surface area contributed by atoms with Crippen LogP contribution in [0.3, 0.4) is 0 Å². The number of anilines is 1. The van der Waals surface area contributed by atoms with E-state index in [0.29, 0.717) is 6.61 Å². The standard InChI is InChI=1S/C16H21N3O/c1-20-10-11-6-5-8-13-15(11)18-14-9-4-2-3-7-12(14)16(13)19-17/h5-6,8H,2-4,7,9-10,17H2,1H3,(H,18,19). The van der Waals surface area contributed by atoms with Gasteiger partial charge in [-0.25, -0.2) is 0 Å². The molecule has 3 N–H and O–H groups in total. The molecule has 0 fully saturated rings. The molecule has 0 aliphatic heterocycles. The minimum Gasteiger partial charge on any atom is -0.380 e. The van der Waals surface area contributed by atoms with Gasteiger partial charge in [0, 0.05) is 23.8 Å². The average molecular weight is 271 g/mol. The van der Waals surface area contributed by atoms with Crippen molar-refractivity contribution in [1.82, 2.24) is 4.98 Å². The summed E-state index contributed by atoms with van der Waals surface area (Å²) < 4.78 is 5.29. The highest BCUT2D eigenvalue weighted by molar-refractivity contribution is 5.95. The number of aromatic nitrogens is 1. The summed E-state index contributed by atoms with van der Waals surface area (Å²) in [6.07, 6.45) is 5.80. The Morgan fingerprint density at radius 1 is 1.25 bits per heavy atom. The van der Waals surface area contributed by atoms with Crippen LogP contribution < -0.4 is 11.3 Å². The maximum atomic E-state index is 5.81. The first-order chi connectivity index (χ1) is 9.85. The van der Waals surface area contributed by atoms with Crippen LogP contribution >= 0.6 is 0 Å². The van der Waals surface area contributed by atoms with Gasteiger partial charge in [-0.3, -0.25) is 10.8 Å². The van der Waals surface area contributed by atoms with E-state index in [4.69, 9.17) is 15.6 Å². The molecule has 0 amide bonds. The summed E-state index contributed by atoms with van der Waals surface area (Å²) in [6.45, 7) is 0.577. The summed E-state index contributed by atoms with van der Waals surface area (Å²) in [4.78, 5) is 4.93. The van der Waals surface area contributed by atoms with Gasteiger partial charge in [0.2, 0.25) is 0 Å². The smallest absolute Gasteiger partial charge is 0.0781 e. The normalized spacial score (nSPS) is 14.9. The van der Waals surface area contributed by atoms with E-state index in [1.807, 2.05) is 6.07 Å². The van der Waals surface area contributed by atoms with Crippen molar-refractivity contribution in [2.45, 2.75) is 38.7 Å². The van der Waals surface area contributed by atoms with E-state index in [0.717, 1.165) is 35.0 Å². The maximum absolute atomic E-state index is 5.81. The van der Waals surface area contributed by atoms with Crippen molar-refractivity contribution in [1.29, 1.82) is 0 Å². The lowest BCUT2D eigenvalue weighted by atomic mass is 10.0. The predicted octanol–water partition coefficient (Wildman–Crippen LogP) is 2.94. The molecule has 4 heteroatoms. The Labute approximate surface area is 119 Å². The number of methoxy groups -OCH3 is 1. The molecular weight excluding hydrogens is 250 g/mol. The summed E-state index contributed by atoms with van der Waals surface area (Å²) >= 11 is 0. The molecule has 106 valence electrons. The topological polar surface area (TPSA) is 60.2 Å². The fourth-order valence-electron chi connectivity index (χ4n) is 3.12. The number of hydrazine groups is 1. The monoisotopic (exact) mass is 271 g/mol. The molecule has 20 heavy (non-hydrogen) atoms. The van der Waals surface area contributed by atoms with Gasteiger partial charge in [0.25, 0.3) is 0 Å². The van der Waals surface area contributed by atoms with Gasteiger partial charge in [-0.05, 0) is 31.2 Å². The molecule has 1 aromatic heterocycles. The van der Waals surface area contributed by atoms with E-state index >= 15 is 0 Å². The third-order valence-corrected chi connectivity index (χ3v) is 4.07. The van der Waals surface area contributed by atoms with E-state index in [-0.39, 0.29) is 0 Å². The summed E-state index contributed by atoms with van der Waals surface area (Å²) in [6, 6.07) is 6.20. The first-order valence-corrected chi connectivity index (χ1v) is 7.24. The van der Waals surface area contributed by atoms with Crippen molar-refractivity contribution in [3.05, 3.63) is 35.0 Å². The Morgan fingerprint density at radius 2 is 2.10 bits per heavy atom. The number of rotatable bonds is 3. The van der Waals surface area contributed by atoms with Crippen LogP contribution in [0.4, 0.5) is 5.69 Å². The SMILES string of the molecule is COCc1cccc2c(NN)c3c(nc12)CCCCC3. The second-order valence-corrected chi connectivity index (χ2v) is 5.36. The zero-order chi connectivity index (χ0) is 13.9. The van der Waals surface area contributed by atoms with Gasteiger partial charge in [-0.15, -0.1) is 0 Å². The first-order valence-electron chi connectivity index (χ1n) is 7.24. The number of nitrogens with two attached hydrogens (primary N) is 1.